The number of amides is 2. The highest BCUT2D eigenvalue weighted by atomic mass is 16.2. The van der Waals surface area contributed by atoms with Gasteiger partial charge in [-0.15, -0.1) is 0 Å². The number of para-hydroxylation sites is 1. The van der Waals surface area contributed by atoms with Crippen molar-refractivity contribution in [2.24, 2.45) is 0 Å². The van der Waals surface area contributed by atoms with E-state index in [1.54, 1.807) is 12.3 Å². The molecule has 3 N–H and O–H groups in total. The number of fused-ring (bicyclic) bond motifs is 1. The minimum absolute atomic E-state index is 0.0552. The van der Waals surface area contributed by atoms with Gasteiger partial charge in [-0.3, -0.25) is 14.6 Å². The average molecular weight is 336 g/mol. The van der Waals surface area contributed by atoms with Crippen molar-refractivity contribution < 1.29 is 9.59 Å². The molecule has 0 unspecified atom stereocenters. The van der Waals surface area contributed by atoms with Crippen LogP contribution < -0.4 is 10.6 Å². The van der Waals surface area contributed by atoms with Gasteiger partial charge in [-0.2, -0.15) is 0 Å². The van der Waals surface area contributed by atoms with Crippen molar-refractivity contribution in [3.8, 4) is 0 Å². The van der Waals surface area contributed by atoms with Crippen LogP contribution in [0.5, 0.6) is 0 Å². The van der Waals surface area contributed by atoms with Crippen LogP contribution in [0.4, 0.5) is 0 Å². The number of aromatic amines is 1. The van der Waals surface area contributed by atoms with Gasteiger partial charge in [0.15, 0.2) is 0 Å². The molecule has 0 saturated carbocycles. The molecule has 0 aliphatic carbocycles. The zero-order valence-corrected chi connectivity index (χ0v) is 14.0. The maximum absolute atomic E-state index is 12.1. The van der Waals surface area contributed by atoms with E-state index in [9.17, 15) is 9.59 Å². The lowest BCUT2D eigenvalue weighted by atomic mass is 10.2. The Morgan fingerprint density at radius 1 is 1.12 bits per heavy atom. The van der Waals surface area contributed by atoms with Gasteiger partial charge in [0, 0.05) is 29.3 Å². The summed E-state index contributed by atoms with van der Waals surface area (Å²) in [6.07, 6.45) is 2.51. The van der Waals surface area contributed by atoms with Gasteiger partial charge in [-0.05, 0) is 37.1 Å². The fourth-order valence-electron chi connectivity index (χ4n) is 2.51. The Morgan fingerprint density at radius 3 is 2.72 bits per heavy atom. The highest BCUT2D eigenvalue weighted by Gasteiger charge is 2.10. The number of carbonyl (C=O) groups is 2. The van der Waals surface area contributed by atoms with Crippen LogP contribution in [0.2, 0.25) is 0 Å². The molecule has 6 heteroatoms. The van der Waals surface area contributed by atoms with Gasteiger partial charge in [0.1, 0.15) is 5.69 Å². The summed E-state index contributed by atoms with van der Waals surface area (Å²) in [7, 11) is 0. The predicted octanol–water partition coefficient (Wildman–Crippen LogP) is 1.96. The van der Waals surface area contributed by atoms with Gasteiger partial charge in [0.2, 0.25) is 5.91 Å². The summed E-state index contributed by atoms with van der Waals surface area (Å²) >= 11 is 0. The van der Waals surface area contributed by atoms with Crippen LogP contribution in [0, 0.1) is 6.92 Å². The molecule has 0 atom stereocenters. The SMILES string of the molecule is Cc1ccc(CCNC(=O)CNC(=O)c2cc3ccccc3[nH]2)cn1. The first-order valence-electron chi connectivity index (χ1n) is 8.16. The second-order valence-electron chi connectivity index (χ2n) is 5.86. The van der Waals surface area contributed by atoms with E-state index in [1.807, 2.05) is 43.3 Å². The number of carbonyl (C=O) groups excluding carboxylic acids is 2. The second kappa shape index (κ2) is 7.61. The Bertz CT molecular complexity index is 851. The number of nitrogens with one attached hydrogen (secondary N) is 3. The van der Waals surface area contributed by atoms with Crippen molar-refractivity contribution in [1.29, 1.82) is 0 Å². The van der Waals surface area contributed by atoms with Gasteiger partial charge in [0.05, 0.1) is 6.54 Å². The second-order valence-corrected chi connectivity index (χ2v) is 5.86. The number of aryl methyl sites for hydroxylation is 1. The van der Waals surface area contributed by atoms with Crippen molar-refractivity contribution in [3.63, 3.8) is 0 Å². The van der Waals surface area contributed by atoms with Crippen LogP contribution in [-0.4, -0.2) is 34.9 Å². The molecule has 1 aromatic carbocycles. The van der Waals surface area contributed by atoms with Gasteiger partial charge in [0.25, 0.3) is 5.91 Å². The van der Waals surface area contributed by atoms with Crippen LogP contribution >= 0.6 is 0 Å². The van der Waals surface area contributed by atoms with Gasteiger partial charge < -0.3 is 15.6 Å². The smallest absolute Gasteiger partial charge is 0.268 e. The number of benzene rings is 1. The molecule has 0 fully saturated rings. The molecular formula is C19H20N4O2. The third-order valence-electron chi connectivity index (χ3n) is 3.89. The first kappa shape index (κ1) is 16.7. The van der Waals surface area contributed by atoms with Crippen LogP contribution in [-0.2, 0) is 11.2 Å². The minimum atomic E-state index is -0.297. The molecule has 0 spiro atoms. The summed E-state index contributed by atoms with van der Waals surface area (Å²) in [5.41, 5.74) is 3.36. The normalized spacial score (nSPS) is 10.6. The monoisotopic (exact) mass is 336 g/mol. The van der Waals surface area contributed by atoms with E-state index in [4.69, 9.17) is 0 Å². The highest BCUT2D eigenvalue weighted by molar-refractivity contribution is 5.99. The molecule has 6 nitrogen and oxygen atoms in total. The Labute approximate surface area is 145 Å². The third kappa shape index (κ3) is 4.44. The van der Waals surface area contributed by atoms with Crippen LogP contribution in [0.25, 0.3) is 10.9 Å². The summed E-state index contributed by atoms with van der Waals surface area (Å²) in [6.45, 7) is 2.38. The fourth-order valence-corrected chi connectivity index (χ4v) is 2.51. The fraction of sp³-hybridized carbons (Fsp3) is 0.211. The average Bonchev–Trinajstić information content (AvgIpc) is 3.05. The molecule has 2 amide bonds. The topological polar surface area (TPSA) is 86.9 Å². The molecule has 0 aliphatic rings. The van der Waals surface area contributed by atoms with E-state index in [1.165, 1.54) is 0 Å². The summed E-state index contributed by atoms with van der Waals surface area (Å²) in [5, 5.41) is 6.37. The summed E-state index contributed by atoms with van der Waals surface area (Å²) in [4.78, 5) is 31.2. The Morgan fingerprint density at radius 2 is 1.96 bits per heavy atom. The standard InChI is InChI=1S/C19H20N4O2/c1-13-6-7-14(11-21-13)8-9-20-18(24)12-22-19(25)17-10-15-4-2-3-5-16(15)23-17/h2-7,10-11,23H,8-9,12H2,1H3,(H,20,24)(H,22,25). The molecule has 25 heavy (non-hydrogen) atoms. The number of aromatic nitrogens is 2. The highest BCUT2D eigenvalue weighted by Crippen LogP contribution is 2.14. The Balaban J connectivity index is 1.43. The van der Waals surface area contributed by atoms with Crippen LogP contribution in [0.3, 0.4) is 0 Å². The van der Waals surface area contributed by atoms with E-state index >= 15 is 0 Å². The molecule has 0 saturated heterocycles. The van der Waals surface area contributed by atoms with Gasteiger partial charge in [-0.1, -0.05) is 24.3 Å². The van der Waals surface area contributed by atoms with Crippen molar-refractivity contribution >= 4 is 22.7 Å². The molecule has 0 bridgehead atoms. The lowest BCUT2D eigenvalue weighted by molar-refractivity contribution is -0.120. The van der Waals surface area contributed by atoms with Gasteiger partial charge >= 0.3 is 0 Å². The molecule has 0 aliphatic heterocycles. The minimum Gasteiger partial charge on any atom is -0.354 e. The quantitative estimate of drug-likeness (QED) is 0.643. The molecular weight excluding hydrogens is 316 g/mol. The summed E-state index contributed by atoms with van der Waals surface area (Å²) in [5.74, 6) is -0.515. The van der Waals surface area contributed by atoms with E-state index in [0.717, 1.165) is 22.2 Å². The number of rotatable bonds is 6. The van der Waals surface area contributed by atoms with Crippen molar-refractivity contribution in [2.75, 3.05) is 13.1 Å². The molecule has 2 heterocycles. The van der Waals surface area contributed by atoms with Crippen molar-refractivity contribution in [3.05, 3.63) is 65.6 Å². The van der Waals surface area contributed by atoms with E-state index < -0.39 is 0 Å². The zero-order chi connectivity index (χ0) is 17.6. The maximum Gasteiger partial charge on any atom is 0.268 e. The number of H-pyrrole nitrogens is 1. The predicted molar refractivity (Wildman–Crippen MR) is 96.3 cm³/mol. The molecule has 2 aromatic heterocycles. The maximum atomic E-state index is 12.1. The van der Waals surface area contributed by atoms with E-state index in [-0.39, 0.29) is 18.4 Å². The number of pyridine rings is 1. The molecule has 0 radical (unpaired) electrons. The molecule has 3 aromatic rings. The molecule has 128 valence electrons. The first-order chi connectivity index (χ1) is 12.1. The molecule has 3 rings (SSSR count). The largest absolute Gasteiger partial charge is 0.354 e. The van der Waals surface area contributed by atoms with E-state index in [0.29, 0.717) is 18.7 Å². The number of hydrogen-bond donors (Lipinski definition) is 3. The van der Waals surface area contributed by atoms with Gasteiger partial charge in [-0.25, -0.2) is 0 Å². The Kier molecular flexibility index (Phi) is 5.09. The summed E-state index contributed by atoms with van der Waals surface area (Å²) < 4.78 is 0. The van der Waals surface area contributed by atoms with Crippen molar-refractivity contribution in [1.82, 2.24) is 20.6 Å². The zero-order valence-electron chi connectivity index (χ0n) is 14.0. The van der Waals surface area contributed by atoms with Crippen LogP contribution in [0.1, 0.15) is 21.7 Å². The summed E-state index contributed by atoms with van der Waals surface area (Å²) in [6, 6.07) is 13.3. The number of hydrogen-bond acceptors (Lipinski definition) is 3. The first-order valence-corrected chi connectivity index (χ1v) is 8.16. The number of nitrogens with zero attached hydrogens (tertiary/aromatic N) is 1. The van der Waals surface area contributed by atoms with Crippen LogP contribution in [0.15, 0.2) is 48.7 Å². The van der Waals surface area contributed by atoms with E-state index in [2.05, 4.69) is 20.6 Å². The Hall–Kier alpha value is -3.15. The lowest BCUT2D eigenvalue weighted by Crippen LogP contribution is -2.37. The lowest BCUT2D eigenvalue weighted by Gasteiger charge is -2.06. The third-order valence-corrected chi connectivity index (χ3v) is 3.89. The van der Waals surface area contributed by atoms with Crippen molar-refractivity contribution in [2.45, 2.75) is 13.3 Å².